The number of thiazole rings is 1. The number of hydrogen-bond acceptors (Lipinski definition) is 6. The Bertz CT molecular complexity index is 1220. The molecule has 0 unspecified atom stereocenters. The lowest BCUT2D eigenvalue weighted by atomic mass is 10.1. The number of carbonyl (C=O) groups excluding carboxylic acids is 1. The first-order valence-corrected chi connectivity index (χ1v) is 11.7. The summed E-state index contributed by atoms with van der Waals surface area (Å²) in [6.45, 7) is 6.00. The molecule has 0 saturated carbocycles. The summed E-state index contributed by atoms with van der Waals surface area (Å²) in [5, 5.41) is 9.16. The van der Waals surface area contributed by atoms with Crippen LogP contribution in [-0.4, -0.2) is 34.4 Å². The van der Waals surface area contributed by atoms with Crippen LogP contribution < -0.4 is 10.6 Å². The summed E-state index contributed by atoms with van der Waals surface area (Å²) in [5.41, 5.74) is 6.37. The molecule has 0 spiro atoms. The van der Waals surface area contributed by atoms with E-state index in [2.05, 4.69) is 39.5 Å². The molecule has 0 aliphatic carbocycles. The summed E-state index contributed by atoms with van der Waals surface area (Å²) in [7, 11) is 2.08. The molecular weight excluding hydrogens is 430 g/mol. The Kier molecular flexibility index (Phi) is 7.12. The van der Waals surface area contributed by atoms with Crippen molar-refractivity contribution in [3.63, 3.8) is 0 Å². The predicted molar refractivity (Wildman–Crippen MR) is 136 cm³/mol. The van der Waals surface area contributed by atoms with Gasteiger partial charge in [-0.05, 0) is 68.0 Å². The van der Waals surface area contributed by atoms with Gasteiger partial charge in [-0.2, -0.15) is 0 Å². The molecule has 0 saturated heterocycles. The van der Waals surface area contributed by atoms with Gasteiger partial charge in [0.15, 0.2) is 5.13 Å². The summed E-state index contributed by atoms with van der Waals surface area (Å²) in [6, 6.07) is 17.5. The summed E-state index contributed by atoms with van der Waals surface area (Å²) in [4.78, 5) is 23.8. The van der Waals surface area contributed by atoms with Crippen molar-refractivity contribution in [3.8, 4) is 11.3 Å². The third-order valence-electron chi connectivity index (χ3n) is 5.41. The Hall–Kier alpha value is -3.55. The molecule has 1 amide bonds. The maximum atomic E-state index is 12.8. The van der Waals surface area contributed by atoms with Gasteiger partial charge in [0.1, 0.15) is 0 Å². The zero-order chi connectivity index (χ0) is 23.2. The zero-order valence-corrected chi connectivity index (χ0v) is 19.8. The topological polar surface area (TPSA) is 70.2 Å². The molecule has 4 aromatic rings. The molecule has 0 radical (unpaired) electrons. The van der Waals surface area contributed by atoms with Crippen LogP contribution in [0.5, 0.6) is 0 Å². The SMILES string of the molecule is CCN(C)Cc1ccc(C(=O)Nc2ccc(C)c(Nc3nc(-c4cccnc4)cs3)c2)cc1. The van der Waals surface area contributed by atoms with Crippen molar-refractivity contribution in [2.75, 3.05) is 24.2 Å². The van der Waals surface area contributed by atoms with Crippen molar-refractivity contribution in [1.29, 1.82) is 0 Å². The first kappa shape index (κ1) is 22.6. The van der Waals surface area contributed by atoms with Crippen LogP contribution in [0, 0.1) is 6.92 Å². The maximum absolute atomic E-state index is 12.8. The Labute approximate surface area is 198 Å². The Balaban J connectivity index is 1.44. The number of nitrogens with one attached hydrogen (secondary N) is 2. The van der Waals surface area contributed by atoms with Gasteiger partial charge in [0.05, 0.1) is 5.69 Å². The van der Waals surface area contributed by atoms with E-state index in [4.69, 9.17) is 0 Å². The molecule has 0 bridgehead atoms. The number of hydrogen-bond donors (Lipinski definition) is 2. The largest absolute Gasteiger partial charge is 0.331 e. The second-order valence-corrected chi connectivity index (χ2v) is 8.77. The van der Waals surface area contributed by atoms with E-state index in [0.29, 0.717) is 5.56 Å². The molecule has 0 fully saturated rings. The lowest BCUT2D eigenvalue weighted by Gasteiger charge is -2.14. The number of nitrogens with zero attached hydrogens (tertiary/aromatic N) is 3. The van der Waals surface area contributed by atoms with Crippen LogP contribution in [0.15, 0.2) is 72.4 Å². The highest BCUT2D eigenvalue weighted by Gasteiger charge is 2.10. The lowest BCUT2D eigenvalue weighted by molar-refractivity contribution is 0.102. The molecule has 2 aromatic heterocycles. The number of anilines is 3. The number of pyridine rings is 1. The summed E-state index contributed by atoms with van der Waals surface area (Å²) < 4.78 is 0. The van der Waals surface area contributed by atoms with E-state index < -0.39 is 0 Å². The highest BCUT2D eigenvalue weighted by Crippen LogP contribution is 2.29. The van der Waals surface area contributed by atoms with Crippen molar-refractivity contribution in [1.82, 2.24) is 14.9 Å². The van der Waals surface area contributed by atoms with Gasteiger partial charge < -0.3 is 15.5 Å². The van der Waals surface area contributed by atoms with E-state index in [1.807, 2.05) is 66.9 Å². The summed E-state index contributed by atoms with van der Waals surface area (Å²) in [5.74, 6) is -0.131. The monoisotopic (exact) mass is 457 g/mol. The van der Waals surface area contributed by atoms with E-state index in [-0.39, 0.29) is 5.91 Å². The molecule has 33 heavy (non-hydrogen) atoms. The second-order valence-electron chi connectivity index (χ2n) is 7.92. The van der Waals surface area contributed by atoms with Gasteiger partial charge >= 0.3 is 0 Å². The van der Waals surface area contributed by atoms with Crippen LogP contribution in [0.4, 0.5) is 16.5 Å². The Morgan fingerprint density at radius 2 is 1.94 bits per heavy atom. The first-order chi connectivity index (χ1) is 16.0. The highest BCUT2D eigenvalue weighted by molar-refractivity contribution is 7.14. The van der Waals surface area contributed by atoms with Gasteiger partial charge in [-0.1, -0.05) is 25.1 Å². The standard InChI is InChI=1S/C26H27N5OS/c1-4-31(3)16-19-8-10-20(11-9-19)25(32)28-22-12-7-18(2)23(14-22)29-26-30-24(17-33-26)21-6-5-13-27-15-21/h5-15,17H,4,16H2,1-3H3,(H,28,32)(H,29,30). The normalized spacial score (nSPS) is 10.9. The van der Waals surface area contributed by atoms with Crippen LogP contribution in [0.2, 0.25) is 0 Å². The predicted octanol–water partition coefficient (Wildman–Crippen LogP) is 5.96. The molecule has 0 atom stereocenters. The van der Waals surface area contributed by atoms with E-state index in [1.54, 1.807) is 12.4 Å². The second kappa shape index (κ2) is 10.4. The maximum Gasteiger partial charge on any atom is 0.255 e. The number of amides is 1. The minimum absolute atomic E-state index is 0.131. The molecule has 7 heteroatoms. The smallest absolute Gasteiger partial charge is 0.255 e. The first-order valence-electron chi connectivity index (χ1n) is 10.8. The van der Waals surface area contributed by atoms with Gasteiger partial charge in [0, 0.05) is 46.8 Å². The van der Waals surface area contributed by atoms with E-state index in [9.17, 15) is 4.79 Å². The zero-order valence-electron chi connectivity index (χ0n) is 19.0. The Morgan fingerprint density at radius 3 is 2.67 bits per heavy atom. The van der Waals surface area contributed by atoms with E-state index in [1.165, 1.54) is 16.9 Å². The fourth-order valence-electron chi connectivity index (χ4n) is 3.32. The fraction of sp³-hybridized carbons (Fsp3) is 0.192. The molecule has 168 valence electrons. The number of aromatic nitrogens is 2. The minimum Gasteiger partial charge on any atom is -0.331 e. The highest BCUT2D eigenvalue weighted by atomic mass is 32.1. The van der Waals surface area contributed by atoms with Crippen LogP contribution in [0.25, 0.3) is 11.3 Å². The van der Waals surface area contributed by atoms with Crippen molar-refractivity contribution in [2.24, 2.45) is 0 Å². The van der Waals surface area contributed by atoms with Crippen LogP contribution in [0.1, 0.15) is 28.4 Å². The Morgan fingerprint density at radius 1 is 1.12 bits per heavy atom. The van der Waals surface area contributed by atoms with Crippen molar-refractivity contribution in [3.05, 3.63) is 89.1 Å². The van der Waals surface area contributed by atoms with E-state index in [0.717, 1.165) is 46.4 Å². The van der Waals surface area contributed by atoms with Gasteiger partial charge in [0.2, 0.25) is 0 Å². The summed E-state index contributed by atoms with van der Waals surface area (Å²) >= 11 is 1.53. The van der Waals surface area contributed by atoms with Crippen LogP contribution in [-0.2, 0) is 6.54 Å². The third-order valence-corrected chi connectivity index (χ3v) is 6.16. The van der Waals surface area contributed by atoms with Gasteiger partial charge in [0.25, 0.3) is 5.91 Å². The fourth-order valence-corrected chi connectivity index (χ4v) is 4.05. The average molecular weight is 458 g/mol. The molecule has 2 N–H and O–H groups in total. The number of carbonyl (C=O) groups is 1. The molecular formula is C26H27N5OS. The summed E-state index contributed by atoms with van der Waals surface area (Å²) in [6.07, 6.45) is 3.55. The van der Waals surface area contributed by atoms with Crippen molar-refractivity contribution >= 4 is 33.8 Å². The quantitative estimate of drug-likeness (QED) is 0.342. The third kappa shape index (κ3) is 5.83. The minimum atomic E-state index is -0.131. The van der Waals surface area contributed by atoms with Crippen molar-refractivity contribution in [2.45, 2.75) is 20.4 Å². The molecule has 0 aliphatic rings. The molecule has 2 aromatic carbocycles. The average Bonchev–Trinajstić information content (AvgIpc) is 3.30. The lowest BCUT2D eigenvalue weighted by Crippen LogP contribution is -2.17. The number of benzene rings is 2. The number of rotatable bonds is 8. The van der Waals surface area contributed by atoms with E-state index >= 15 is 0 Å². The van der Waals surface area contributed by atoms with Gasteiger partial charge in [-0.15, -0.1) is 11.3 Å². The number of aryl methyl sites for hydroxylation is 1. The van der Waals surface area contributed by atoms with Crippen LogP contribution in [0.3, 0.4) is 0 Å². The molecule has 2 heterocycles. The molecule has 4 rings (SSSR count). The van der Waals surface area contributed by atoms with Gasteiger partial charge in [-0.3, -0.25) is 9.78 Å². The molecule has 6 nitrogen and oxygen atoms in total. The van der Waals surface area contributed by atoms with Crippen molar-refractivity contribution < 1.29 is 4.79 Å². The molecule has 0 aliphatic heterocycles. The van der Waals surface area contributed by atoms with Gasteiger partial charge in [-0.25, -0.2) is 4.98 Å². The van der Waals surface area contributed by atoms with Crippen LogP contribution >= 0.6 is 11.3 Å².